The van der Waals surface area contributed by atoms with Crippen molar-refractivity contribution in [3.63, 3.8) is 0 Å². The Labute approximate surface area is 137 Å². The highest BCUT2D eigenvalue weighted by Gasteiger charge is 2.27. The zero-order valence-corrected chi connectivity index (χ0v) is 14.2. The van der Waals surface area contributed by atoms with Crippen LogP contribution in [0.25, 0.3) is 4.85 Å². The molecule has 1 atom stereocenters. The van der Waals surface area contributed by atoms with E-state index < -0.39 is 23.6 Å². The van der Waals surface area contributed by atoms with Crippen LogP contribution in [0.3, 0.4) is 0 Å². The first-order valence-electron chi connectivity index (χ1n) is 7.63. The van der Waals surface area contributed by atoms with Gasteiger partial charge in [-0.15, -0.1) is 0 Å². The van der Waals surface area contributed by atoms with Gasteiger partial charge in [0.25, 0.3) is 0 Å². The molecule has 0 unspecified atom stereocenters. The number of amides is 1. The van der Waals surface area contributed by atoms with Crippen LogP contribution in [0.1, 0.15) is 39.2 Å². The number of carbonyl (C=O) groups is 2. The fraction of sp³-hybridized carbons (Fsp3) is 0.500. The van der Waals surface area contributed by atoms with Gasteiger partial charge >= 0.3 is 18.1 Å². The van der Waals surface area contributed by atoms with Crippen LogP contribution in [-0.4, -0.2) is 24.8 Å². The number of carbonyl (C=O) groups excluding carboxylic acids is 2. The third-order valence-corrected chi connectivity index (χ3v) is 2.99. The van der Waals surface area contributed by atoms with E-state index in [1.54, 1.807) is 20.8 Å². The van der Waals surface area contributed by atoms with Gasteiger partial charge in [-0.05, 0) is 45.6 Å². The largest absolute Gasteiger partial charge is 0.728 e. The summed E-state index contributed by atoms with van der Waals surface area (Å²) in [6.07, 6.45) is 1.35. The summed E-state index contributed by atoms with van der Waals surface area (Å²) >= 11 is 0. The summed E-state index contributed by atoms with van der Waals surface area (Å²) in [5, 5.41) is 0. The minimum absolute atomic E-state index is 0.453. The summed E-state index contributed by atoms with van der Waals surface area (Å²) in [4.78, 5) is 26.9. The molecule has 0 fully saturated rings. The number of ether oxygens (including phenoxy) is 2. The standard InChI is InChI=1S/C18H24NO4/c1-18(2,3)23-17(21)19-13-15(16(20)22-4)12-8-11-14-9-6-5-7-10-14/h5-7,9-10,15H,8,11-12H2,1-4H3/q+1/t15-/m1/s1. The van der Waals surface area contributed by atoms with E-state index in [4.69, 9.17) is 9.47 Å². The summed E-state index contributed by atoms with van der Waals surface area (Å²) in [7, 11) is 1.31. The van der Waals surface area contributed by atoms with Crippen LogP contribution in [0.5, 0.6) is 0 Å². The third kappa shape index (κ3) is 8.01. The number of benzene rings is 1. The third-order valence-electron chi connectivity index (χ3n) is 2.99. The number of aryl methyl sites for hydroxylation is 1. The molecule has 1 rings (SSSR count). The minimum atomic E-state index is -0.755. The van der Waals surface area contributed by atoms with E-state index in [2.05, 4.69) is 10.9 Å². The van der Waals surface area contributed by atoms with Crippen molar-refractivity contribution in [1.29, 1.82) is 0 Å². The van der Waals surface area contributed by atoms with Crippen molar-refractivity contribution in [1.82, 2.24) is 0 Å². The van der Waals surface area contributed by atoms with Crippen molar-refractivity contribution in [2.24, 2.45) is 5.92 Å². The van der Waals surface area contributed by atoms with Gasteiger partial charge in [-0.2, -0.15) is 4.79 Å². The van der Waals surface area contributed by atoms with Crippen LogP contribution in [0, 0.1) is 12.0 Å². The molecule has 124 valence electrons. The summed E-state index contributed by atoms with van der Waals surface area (Å²) in [6, 6.07) is 12.5. The van der Waals surface area contributed by atoms with Gasteiger partial charge in [-0.25, -0.2) is 0 Å². The Balaban J connectivity index is 2.60. The molecule has 0 saturated carbocycles. The van der Waals surface area contributed by atoms with Crippen LogP contribution in [0.4, 0.5) is 4.79 Å². The predicted molar refractivity (Wildman–Crippen MR) is 88.4 cm³/mol. The van der Waals surface area contributed by atoms with Gasteiger partial charge in [0, 0.05) is 0 Å². The number of hydrogen-bond acceptors (Lipinski definition) is 4. The van der Waals surface area contributed by atoms with E-state index in [0.29, 0.717) is 6.42 Å². The number of methoxy groups -OCH3 is 1. The van der Waals surface area contributed by atoms with Crippen molar-refractivity contribution in [3.05, 3.63) is 40.7 Å². The molecule has 5 heteroatoms. The summed E-state index contributed by atoms with van der Waals surface area (Å²) in [5.74, 6) is -1.12. The van der Waals surface area contributed by atoms with E-state index in [9.17, 15) is 9.59 Å². The minimum Gasteiger partial charge on any atom is -0.468 e. The molecule has 0 radical (unpaired) electrons. The van der Waals surface area contributed by atoms with Crippen molar-refractivity contribution in [2.45, 2.75) is 45.6 Å². The van der Waals surface area contributed by atoms with Crippen molar-refractivity contribution >= 4 is 12.1 Å². The average molecular weight is 318 g/mol. The molecule has 0 N–H and O–H groups in total. The molecule has 0 aromatic heterocycles. The van der Waals surface area contributed by atoms with E-state index in [-0.39, 0.29) is 0 Å². The topological polar surface area (TPSA) is 57.0 Å². The molecule has 5 nitrogen and oxygen atoms in total. The highest BCUT2D eigenvalue weighted by atomic mass is 16.6. The highest BCUT2D eigenvalue weighted by molar-refractivity contribution is 5.82. The highest BCUT2D eigenvalue weighted by Crippen LogP contribution is 2.13. The van der Waals surface area contributed by atoms with E-state index in [1.807, 2.05) is 30.3 Å². The van der Waals surface area contributed by atoms with Crippen LogP contribution in [0.2, 0.25) is 0 Å². The average Bonchev–Trinajstić information content (AvgIpc) is 2.49. The normalized spacial score (nSPS) is 11.8. The molecule has 0 aliphatic rings. The number of rotatable bonds is 5. The smallest absolute Gasteiger partial charge is 0.468 e. The summed E-state index contributed by atoms with van der Waals surface area (Å²) in [6.45, 7) is 5.24. The van der Waals surface area contributed by atoms with Crippen LogP contribution in [-0.2, 0) is 20.7 Å². The molecule has 0 heterocycles. The molecular formula is C18H24NO4+. The molecule has 0 saturated heterocycles. The lowest BCUT2D eigenvalue weighted by Crippen LogP contribution is -2.21. The first kappa shape index (κ1) is 18.7. The van der Waals surface area contributed by atoms with E-state index >= 15 is 0 Å². The van der Waals surface area contributed by atoms with Crippen molar-refractivity contribution in [3.8, 4) is 6.07 Å². The Morgan fingerprint density at radius 1 is 1.22 bits per heavy atom. The molecule has 1 aromatic carbocycles. The quantitative estimate of drug-likeness (QED) is 0.768. The van der Waals surface area contributed by atoms with Gasteiger partial charge in [0.15, 0.2) is 5.92 Å². The maximum absolute atomic E-state index is 11.8. The Morgan fingerprint density at radius 3 is 2.43 bits per heavy atom. The van der Waals surface area contributed by atoms with Gasteiger partial charge < -0.3 is 9.47 Å². The Hall–Kier alpha value is -2.35. The SMILES string of the molecule is COC(=O)[C@@H](C#[N+]C(=O)OC(C)(C)C)CCCc1ccccc1. The Kier molecular flexibility index (Phi) is 7.27. The lowest BCUT2D eigenvalue weighted by atomic mass is 10.0. The van der Waals surface area contributed by atoms with E-state index in [1.165, 1.54) is 12.7 Å². The Morgan fingerprint density at radius 2 is 1.87 bits per heavy atom. The number of esters is 1. The molecule has 1 aromatic rings. The maximum atomic E-state index is 11.8. The second-order valence-electron chi connectivity index (χ2n) is 6.17. The summed E-state index contributed by atoms with van der Waals surface area (Å²) < 4.78 is 9.79. The van der Waals surface area contributed by atoms with Gasteiger partial charge in [0.1, 0.15) is 5.60 Å². The lowest BCUT2D eigenvalue weighted by Gasteiger charge is -2.12. The van der Waals surface area contributed by atoms with Crippen molar-refractivity contribution in [2.75, 3.05) is 7.11 Å². The van der Waals surface area contributed by atoms with Gasteiger partial charge in [0.2, 0.25) is 0 Å². The zero-order valence-electron chi connectivity index (χ0n) is 14.2. The van der Waals surface area contributed by atoms with E-state index in [0.717, 1.165) is 12.8 Å². The molecule has 0 aliphatic heterocycles. The number of nitrogens with zero attached hydrogens (tertiary/aromatic N) is 1. The number of hydrogen-bond donors (Lipinski definition) is 0. The Bertz CT molecular complexity index is 579. The lowest BCUT2D eigenvalue weighted by molar-refractivity contribution is -0.143. The van der Waals surface area contributed by atoms with Gasteiger partial charge in [-0.1, -0.05) is 30.3 Å². The van der Waals surface area contributed by atoms with Crippen LogP contribution in [0.15, 0.2) is 30.3 Å². The molecule has 0 bridgehead atoms. The molecular weight excluding hydrogens is 294 g/mol. The molecule has 1 amide bonds. The van der Waals surface area contributed by atoms with Crippen LogP contribution >= 0.6 is 0 Å². The van der Waals surface area contributed by atoms with Gasteiger partial charge in [0.05, 0.1) is 12.0 Å². The predicted octanol–water partition coefficient (Wildman–Crippen LogP) is 4.07. The fourth-order valence-corrected chi connectivity index (χ4v) is 1.95. The fourth-order valence-electron chi connectivity index (χ4n) is 1.95. The first-order chi connectivity index (χ1) is 10.8. The zero-order chi connectivity index (χ0) is 17.3. The second-order valence-corrected chi connectivity index (χ2v) is 6.17. The monoisotopic (exact) mass is 318 g/mol. The van der Waals surface area contributed by atoms with Crippen molar-refractivity contribution < 1.29 is 19.1 Å². The molecule has 23 heavy (non-hydrogen) atoms. The van der Waals surface area contributed by atoms with Crippen LogP contribution < -0.4 is 0 Å². The molecule has 0 aliphatic carbocycles. The summed E-state index contributed by atoms with van der Waals surface area (Å²) in [5.41, 5.74) is 0.566. The van der Waals surface area contributed by atoms with Gasteiger partial charge in [-0.3, -0.25) is 4.79 Å². The maximum Gasteiger partial charge on any atom is 0.728 e. The second kappa shape index (κ2) is 8.94. The first-order valence-corrected chi connectivity index (χ1v) is 7.63. The molecule has 0 spiro atoms.